The molecule has 2 aromatic carbocycles. The lowest BCUT2D eigenvalue weighted by molar-refractivity contribution is 0.469. The first-order valence-electron chi connectivity index (χ1n) is 15.3. The Balaban J connectivity index is 1.26. The second-order valence-electron chi connectivity index (χ2n) is 11.3. The number of unbranched alkanes of at least 4 members (excludes halogenated alkanes) is 10. The highest BCUT2D eigenvalue weighted by molar-refractivity contribution is 5.64. The maximum absolute atomic E-state index is 4.75. The van der Waals surface area contributed by atoms with Crippen LogP contribution in [0, 0.1) is 5.92 Å². The lowest BCUT2D eigenvalue weighted by Gasteiger charge is -2.08. The zero-order valence-corrected chi connectivity index (χ0v) is 23.5. The van der Waals surface area contributed by atoms with Gasteiger partial charge in [0.2, 0.25) is 0 Å². The average Bonchev–Trinajstić information content (AvgIpc) is 3.35. The molecule has 0 saturated heterocycles. The molecule has 4 rings (SSSR count). The number of hydrogen-bond acceptors (Lipinski definition) is 2. The smallest absolute Gasteiger partial charge is 0.159 e. The molecular weight excluding hydrogens is 448 g/mol. The SMILES string of the molecule is CCCCCCCCc1ccc(-c2cnc(-c3ccc4c(c3)CC(CCCCCCCC)C4)nc2)cc1. The quantitative estimate of drug-likeness (QED) is 0.184. The fourth-order valence-electron chi connectivity index (χ4n) is 5.87. The van der Waals surface area contributed by atoms with Gasteiger partial charge in [-0.05, 0) is 66.3 Å². The first kappa shape index (κ1) is 27.6. The van der Waals surface area contributed by atoms with E-state index < -0.39 is 0 Å². The lowest BCUT2D eigenvalue weighted by Crippen LogP contribution is -1.99. The van der Waals surface area contributed by atoms with Crippen LogP contribution in [0.3, 0.4) is 0 Å². The van der Waals surface area contributed by atoms with Gasteiger partial charge in [-0.15, -0.1) is 0 Å². The van der Waals surface area contributed by atoms with Gasteiger partial charge in [-0.3, -0.25) is 0 Å². The molecule has 0 N–H and O–H groups in total. The van der Waals surface area contributed by atoms with E-state index >= 15 is 0 Å². The van der Waals surface area contributed by atoms with Gasteiger partial charge in [0.15, 0.2) is 5.82 Å². The number of aromatic nitrogens is 2. The van der Waals surface area contributed by atoms with Crippen molar-refractivity contribution in [1.29, 1.82) is 0 Å². The Kier molecular flexibility index (Phi) is 11.2. The van der Waals surface area contributed by atoms with E-state index in [4.69, 9.17) is 9.97 Å². The minimum absolute atomic E-state index is 0.823. The number of hydrogen-bond donors (Lipinski definition) is 0. The van der Waals surface area contributed by atoms with E-state index in [1.165, 1.54) is 125 Å². The lowest BCUT2D eigenvalue weighted by atomic mass is 9.97. The molecule has 0 radical (unpaired) electrons. The van der Waals surface area contributed by atoms with E-state index in [1.807, 2.05) is 12.4 Å². The first-order valence-corrected chi connectivity index (χ1v) is 15.3. The Labute approximate surface area is 226 Å². The molecule has 1 aliphatic rings. The predicted molar refractivity (Wildman–Crippen MR) is 159 cm³/mol. The molecule has 1 heterocycles. The highest BCUT2D eigenvalue weighted by Crippen LogP contribution is 2.33. The molecule has 0 fully saturated rings. The van der Waals surface area contributed by atoms with Crippen molar-refractivity contribution in [3.05, 3.63) is 71.5 Å². The van der Waals surface area contributed by atoms with Crippen molar-refractivity contribution in [2.45, 2.75) is 117 Å². The van der Waals surface area contributed by atoms with Crippen molar-refractivity contribution in [3.63, 3.8) is 0 Å². The largest absolute Gasteiger partial charge is 0.236 e. The summed E-state index contributed by atoms with van der Waals surface area (Å²) in [7, 11) is 0. The molecule has 1 atom stereocenters. The molecule has 1 unspecified atom stereocenters. The number of aryl methyl sites for hydroxylation is 1. The van der Waals surface area contributed by atoms with E-state index in [0.29, 0.717) is 0 Å². The van der Waals surface area contributed by atoms with Gasteiger partial charge in [-0.1, -0.05) is 121 Å². The average molecular weight is 497 g/mol. The van der Waals surface area contributed by atoms with Crippen LogP contribution in [0.5, 0.6) is 0 Å². The Bertz CT molecular complexity index is 1050. The van der Waals surface area contributed by atoms with Crippen molar-refractivity contribution < 1.29 is 0 Å². The summed E-state index contributed by atoms with van der Waals surface area (Å²) >= 11 is 0. The molecule has 0 saturated carbocycles. The van der Waals surface area contributed by atoms with E-state index in [9.17, 15) is 0 Å². The summed E-state index contributed by atoms with van der Waals surface area (Å²) in [5.74, 6) is 1.66. The van der Waals surface area contributed by atoms with Crippen LogP contribution in [0.1, 0.15) is 114 Å². The van der Waals surface area contributed by atoms with E-state index in [1.54, 1.807) is 0 Å². The van der Waals surface area contributed by atoms with Crippen LogP contribution < -0.4 is 0 Å². The predicted octanol–water partition coefficient (Wildman–Crippen LogP) is 10.2. The van der Waals surface area contributed by atoms with Gasteiger partial charge < -0.3 is 0 Å². The fourth-order valence-corrected chi connectivity index (χ4v) is 5.87. The monoisotopic (exact) mass is 496 g/mol. The van der Waals surface area contributed by atoms with E-state index in [0.717, 1.165) is 22.9 Å². The van der Waals surface area contributed by atoms with Crippen LogP contribution in [-0.2, 0) is 19.3 Å². The van der Waals surface area contributed by atoms with Gasteiger partial charge in [0.05, 0.1) is 0 Å². The van der Waals surface area contributed by atoms with Crippen LogP contribution in [0.2, 0.25) is 0 Å². The van der Waals surface area contributed by atoms with Gasteiger partial charge in [0.25, 0.3) is 0 Å². The molecule has 0 bridgehead atoms. The highest BCUT2D eigenvalue weighted by Gasteiger charge is 2.21. The maximum Gasteiger partial charge on any atom is 0.159 e. The Morgan fingerprint density at radius 1 is 0.595 bits per heavy atom. The second kappa shape index (κ2) is 15.1. The van der Waals surface area contributed by atoms with Crippen LogP contribution >= 0.6 is 0 Å². The molecule has 1 aliphatic carbocycles. The summed E-state index contributed by atoms with van der Waals surface area (Å²) in [6.45, 7) is 4.57. The molecule has 0 amide bonds. The minimum Gasteiger partial charge on any atom is -0.236 e. The maximum atomic E-state index is 4.75. The van der Waals surface area contributed by atoms with Gasteiger partial charge in [-0.2, -0.15) is 0 Å². The summed E-state index contributed by atoms with van der Waals surface area (Å²) in [5.41, 5.74) is 7.93. The molecule has 0 aliphatic heterocycles. The summed E-state index contributed by atoms with van der Waals surface area (Å²) in [6.07, 6.45) is 25.4. The van der Waals surface area contributed by atoms with Gasteiger partial charge in [-0.25, -0.2) is 9.97 Å². The number of benzene rings is 2. The third-order valence-electron chi connectivity index (χ3n) is 8.21. The molecule has 198 valence electrons. The van der Waals surface area contributed by atoms with E-state index in [2.05, 4.69) is 56.3 Å². The van der Waals surface area contributed by atoms with Gasteiger partial charge in [0.1, 0.15) is 0 Å². The van der Waals surface area contributed by atoms with E-state index in [-0.39, 0.29) is 0 Å². The van der Waals surface area contributed by atoms with Crippen LogP contribution in [0.25, 0.3) is 22.5 Å². The normalized spacial score (nSPS) is 14.7. The fraction of sp³-hybridized carbons (Fsp3) is 0.543. The first-order chi connectivity index (χ1) is 18.3. The van der Waals surface area contributed by atoms with Crippen molar-refractivity contribution in [1.82, 2.24) is 9.97 Å². The van der Waals surface area contributed by atoms with Gasteiger partial charge in [0, 0.05) is 23.5 Å². The van der Waals surface area contributed by atoms with Crippen molar-refractivity contribution >= 4 is 0 Å². The number of rotatable bonds is 16. The topological polar surface area (TPSA) is 25.8 Å². The molecule has 1 aromatic heterocycles. The standard InChI is InChI=1S/C35H48N2/c1-3-5-7-9-11-13-15-28-17-19-30(20-18-28)34-26-36-35(37-27-34)32-22-21-31-23-29(24-33(31)25-32)16-14-12-10-8-6-4-2/h17-22,25-27,29H,3-16,23-24H2,1-2H3. The third kappa shape index (κ3) is 8.52. The molecule has 2 nitrogen and oxygen atoms in total. The Morgan fingerprint density at radius 2 is 1.19 bits per heavy atom. The third-order valence-corrected chi connectivity index (χ3v) is 8.21. The van der Waals surface area contributed by atoms with Crippen molar-refractivity contribution in [2.24, 2.45) is 5.92 Å². The summed E-state index contributed by atoms with van der Waals surface area (Å²) in [4.78, 5) is 9.50. The Morgan fingerprint density at radius 3 is 1.89 bits per heavy atom. The van der Waals surface area contributed by atoms with Crippen molar-refractivity contribution in [2.75, 3.05) is 0 Å². The van der Waals surface area contributed by atoms with Crippen LogP contribution in [0.4, 0.5) is 0 Å². The molecular formula is C35H48N2. The number of fused-ring (bicyclic) bond motifs is 1. The molecule has 37 heavy (non-hydrogen) atoms. The minimum atomic E-state index is 0.823. The van der Waals surface area contributed by atoms with Crippen molar-refractivity contribution in [3.8, 4) is 22.5 Å². The zero-order valence-electron chi connectivity index (χ0n) is 23.5. The molecule has 2 heteroatoms. The van der Waals surface area contributed by atoms with Crippen LogP contribution in [0.15, 0.2) is 54.9 Å². The molecule has 0 spiro atoms. The molecule has 3 aromatic rings. The second-order valence-corrected chi connectivity index (χ2v) is 11.3. The van der Waals surface area contributed by atoms with Gasteiger partial charge >= 0.3 is 0 Å². The highest BCUT2D eigenvalue weighted by atomic mass is 14.9. The summed E-state index contributed by atoms with van der Waals surface area (Å²) in [5, 5.41) is 0. The summed E-state index contributed by atoms with van der Waals surface area (Å²) in [6, 6.07) is 15.9. The zero-order chi connectivity index (χ0) is 25.7. The number of nitrogens with zero attached hydrogens (tertiary/aromatic N) is 2. The summed E-state index contributed by atoms with van der Waals surface area (Å²) < 4.78 is 0. The van der Waals surface area contributed by atoms with Crippen LogP contribution in [-0.4, -0.2) is 9.97 Å². The Hall–Kier alpha value is -2.48.